The summed E-state index contributed by atoms with van der Waals surface area (Å²) in [5, 5.41) is 12.7. The molecule has 0 bridgehead atoms. The van der Waals surface area contributed by atoms with Crippen molar-refractivity contribution in [2.45, 2.75) is 0 Å². The summed E-state index contributed by atoms with van der Waals surface area (Å²) in [5.74, 6) is 0.722. The summed E-state index contributed by atoms with van der Waals surface area (Å²) in [5.41, 5.74) is 2.17. The number of hydrogen-bond donors (Lipinski definition) is 1. The molecule has 1 N–H and O–H groups in total. The molecule has 19 heavy (non-hydrogen) atoms. The van der Waals surface area contributed by atoms with E-state index in [1.807, 2.05) is 18.2 Å². The molecule has 0 heterocycles. The van der Waals surface area contributed by atoms with Crippen LogP contribution in [0.2, 0.25) is 5.02 Å². The lowest BCUT2D eigenvalue weighted by Gasteiger charge is -2.10. The Labute approximate surface area is 124 Å². The summed E-state index contributed by atoms with van der Waals surface area (Å²) in [7, 11) is 1.60. The summed E-state index contributed by atoms with van der Waals surface area (Å²) in [4.78, 5) is 0. The molecular formula is C14H10BrClN2O. The number of methoxy groups -OCH3 is 1. The quantitative estimate of drug-likeness (QED) is 0.881. The minimum atomic E-state index is 0.585. The van der Waals surface area contributed by atoms with Crippen LogP contribution in [0.15, 0.2) is 40.9 Å². The van der Waals surface area contributed by atoms with E-state index in [4.69, 9.17) is 21.6 Å². The molecule has 5 heteroatoms. The molecule has 2 aromatic rings. The van der Waals surface area contributed by atoms with E-state index >= 15 is 0 Å². The van der Waals surface area contributed by atoms with Crippen LogP contribution in [0.1, 0.15) is 5.56 Å². The van der Waals surface area contributed by atoms with Gasteiger partial charge in [0.15, 0.2) is 0 Å². The molecule has 0 aliphatic heterocycles. The Morgan fingerprint density at radius 1 is 1.26 bits per heavy atom. The topological polar surface area (TPSA) is 45.0 Å². The summed E-state index contributed by atoms with van der Waals surface area (Å²) in [6, 6.07) is 12.9. The van der Waals surface area contributed by atoms with Crippen LogP contribution in [-0.4, -0.2) is 7.11 Å². The van der Waals surface area contributed by atoms with Gasteiger partial charge in [0.25, 0.3) is 0 Å². The predicted octanol–water partition coefficient (Wildman–Crippen LogP) is 4.73. The second-order valence-electron chi connectivity index (χ2n) is 3.78. The highest BCUT2D eigenvalue weighted by atomic mass is 79.9. The van der Waals surface area contributed by atoms with Gasteiger partial charge < -0.3 is 10.1 Å². The molecule has 0 saturated heterocycles. The number of halogens is 2. The van der Waals surface area contributed by atoms with Crippen LogP contribution >= 0.6 is 27.5 Å². The molecule has 96 valence electrons. The van der Waals surface area contributed by atoms with Crippen molar-refractivity contribution in [2.75, 3.05) is 12.4 Å². The number of nitrogens with one attached hydrogen (secondary N) is 1. The maximum absolute atomic E-state index is 8.87. The first-order chi connectivity index (χ1) is 9.13. The second-order valence-corrected chi connectivity index (χ2v) is 5.04. The molecule has 0 amide bonds. The van der Waals surface area contributed by atoms with E-state index in [9.17, 15) is 0 Å². The summed E-state index contributed by atoms with van der Waals surface area (Å²) < 4.78 is 5.89. The van der Waals surface area contributed by atoms with Gasteiger partial charge in [-0.3, -0.25) is 0 Å². The SMILES string of the molecule is COc1ccc(Cl)c(Nc2ccc(C#N)c(Br)c2)c1. The highest BCUT2D eigenvalue weighted by Gasteiger charge is 2.05. The molecule has 0 aliphatic rings. The van der Waals surface area contributed by atoms with Gasteiger partial charge in [0.1, 0.15) is 11.8 Å². The lowest BCUT2D eigenvalue weighted by molar-refractivity contribution is 0.415. The highest BCUT2D eigenvalue weighted by Crippen LogP contribution is 2.30. The molecule has 0 spiro atoms. The normalized spacial score (nSPS) is 9.79. The van der Waals surface area contributed by atoms with Gasteiger partial charge in [0, 0.05) is 16.2 Å². The summed E-state index contributed by atoms with van der Waals surface area (Å²) in [6.45, 7) is 0. The molecular weight excluding hydrogens is 328 g/mol. The van der Waals surface area contributed by atoms with Crippen LogP contribution in [0.5, 0.6) is 5.75 Å². The number of benzene rings is 2. The van der Waals surface area contributed by atoms with Crippen molar-refractivity contribution in [2.24, 2.45) is 0 Å². The van der Waals surface area contributed by atoms with E-state index < -0.39 is 0 Å². The number of ether oxygens (including phenoxy) is 1. The molecule has 0 unspecified atom stereocenters. The van der Waals surface area contributed by atoms with E-state index in [2.05, 4.69) is 27.3 Å². The average molecular weight is 338 g/mol. The van der Waals surface area contributed by atoms with Gasteiger partial charge in [0.05, 0.1) is 23.4 Å². The minimum absolute atomic E-state index is 0.585. The van der Waals surface area contributed by atoms with E-state index in [1.54, 1.807) is 25.3 Å². The fourth-order valence-corrected chi connectivity index (χ4v) is 2.20. The van der Waals surface area contributed by atoms with Gasteiger partial charge in [-0.25, -0.2) is 0 Å². The van der Waals surface area contributed by atoms with Crippen molar-refractivity contribution in [3.63, 3.8) is 0 Å². The Morgan fingerprint density at radius 3 is 2.68 bits per heavy atom. The van der Waals surface area contributed by atoms with Gasteiger partial charge in [-0.05, 0) is 46.3 Å². The third kappa shape index (κ3) is 3.19. The molecule has 0 radical (unpaired) electrons. The Kier molecular flexibility index (Phi) is 4.31. The smallest absolute Gasteiger partial charge is 0.121 e. The highest BCUT2D eigenvalue weighted by molar-refractivity contribution is 9.10. The number of rotatable bonds is 3. The zero-order valence-electron chi connectivity index (χ0n) is 10.1. The Balaban J connectivity index is 2.31. The van der Waals surface area contributed by atoms with Crippen LogP contribution in [0.3, 0.4) is 0 Å². The molecule has 0 fully saturated rings. The Morgan fingerprint density at radius 2 is 2.05 bits per heavy atom. The van der Waals surface area contributed by atoms with Gasteiger partial charge >= 0.3 is 0 Å². The van der Waals surface area contributed by atoms with Crippen molar-refractivity contribution < 1.29 is 4.74 Å². The van der Waals surface area contributed by atoms with Crippen LogP contribution in [0.4, 0.5) is 11.4 Å². The van der Waals surface area contributed by atoms with E-state index in [-0.39, 0.29) is 0 Å². The van der Waals surface area contributed by atoms with E-state index in [0.29, 0.717) is 10.6 Å². The summed E-state index contributed by atoms with van der Waals surface area (Å²) in [6.07, 6.45) is 0. The van der Waals surface area contributed by atoms with Crippen molar-refractivity contribution in [1.29, 1.82) is 5.26 Å². The van der Waals surface area contributed by atoms with Crippen LogP contribution < -0.4 is 10.1 Å². The van der Waals surface area contributed by atoms with E-state index in [0.717, 1.165) is 21.6 Å². The number of nitrogens with zero attached hydrogens (tertiary/aromatic N) is 1. The number of nitriles is 1. The lowest BCUT2D eigenvalue weighted by atomic mass is 10.2. The summed E-state index contributed by atoms with van der Waals surface area (Å²) >= 11 is 9.47. The third-order valence-electron chi connectivity index (χ3n) is 2.54. The molecule has 0 aliphatic carbocycles. The maximum Gasteiger partial charge on any atom is 0.121 e. The average Bonchev–Trinajstić information content (AvgIpc) is 2.41. The maximum atomic E-state index is 8.87. The van der Waals surface area contributed by atoms with Gasteiger partial charge in [-0.2, -0.15) is 5.26 Å². The molecule has 2 rings (SSSR count). The molecule has 3 nitrogen and oxygen atoms in total. The first-order valence-electron chi connectivity index (χ1n) is 5.44. The van der Waals surface area contributed by atoms with Gasteiger partial charge in [0.2, 0.25) is 0 Å². The predicted molar refractivity (Wildman–Crippen MR) is 80.1 cm³/mol. The first kappa shape index (κ1) is 13.7. The van der Waals surface area contributed by atoms with Crippen molar-refractivity contribution in [3.05, 3.63) is 51.5 Å². The molecule has 0 saturated carbocycles. The van der Waals surface area contributed by atoms with Crippen molar-refractivity contribution >= 4 is 38.9 Å². The zero-order valence-corrected chi connectivity index (χ0v) is 12.4. The van der Waals surface area contributed by atoms with Gasteiger partial charge in [-0.15, -0.1) is 0 Å². The first-order valence-corrected chi connectivity index (χ1v) is 6.61. The van der Waals surface area contributed by atoms with Crippen LogP contribution in [0, 0.1) is 11.3 Å². The van der Waals surface area contributed by atoms with Gasteiger partial charge in [-0.1, -0.05) is 11.6 Å². The fraction of sp³-hybridized carbons (Fsp3) is 0.0714. The molecule has 0 atom stereocenters. The van der Waals surface area contributed by atoms with Crippen molar-refractivity contribution in [1.82, 2.24) is 0 Å². The number of anilines is 2. The minimum Gasteiger partial charge on any atom is -0.497 e. The standard InChI is InChI=1S/C14H10BrClN2O/c1-19-11-4-5-13(16)14(7-11)18-10-3-2-9(8-17)12(15)6-10/h2-7,18H,1H3. The third-order valence-corrected chi connectivity index (χ3v) is 3.53. The zero-order chi connectivity index (χ0) is 13.8. The molecule has 2 aromatic carbocycles. The number of hydrogen-bond acceptors (Lipinski definition) is 3. The fourth-order valence-electron chi connectivity index (χ4n) is 1.57. The second kappa shape index (κ2) is 5.96. The Hall–Kier alpha value is -1.70. The van der Waals surface area contributed by atoms with E-state index in [1.165, 1.54) is 0 Å². The largest absolute Gasteiger partial charge is 0.497 e. The molecule has 0 aromatic heterocycles. The lowest BCUT2D eigenvalue weighted by Crippen LogP contribution is -1.93. The van der Waals surface area contributed by atoms with Crippen LogP contribution in [-0.2, 0) is 0 Å². The van der Waals surface area contributed by atoms with Crippen LogP contribution in [0.25, 0.3) is 0 Å². The monoisotopic (exact) mass is 336 g/mol. The van der Waals surface area contributed by atoms with Crippen molar-refractivity contribution in [3.8, 4) is 11.8 Å². The Bertz CT molecular complexity index is 652.